The lowest BCUT2D eigenvalue weighted by atomic mass is 9.87. The Morgan fingerprint density at radius 3 is 2.40 bits per heavy atom. The smallest absolute Gasteiger partial charge is 0.262 e. The summed E-state index contributed by atoms with van der Waals surface area (Å²) < 4.78 is 0. The Labute approximate surface area is 89.2 Å². The van der Waals surface area contributed by atoms with Gasteiger partial charge in [-0.25, -0.2) is 5.48 Å². The molecule has 0 saturated heterocycles. The zero-order chi connectivity index (χ0) is 11.1. The van der Waals surface area contributed by atoms with Gasteiger partial charge in [-0.1, -0.05) is 19.3 Å². The van der Waals surface area contributed by atoms with Crippen LogP contribution in [0.3, 0.4) is 0 Å². The van der Waals surface area contributed by atoms with Gasteiger partial charge >= 0.3 is 0 Å². The molecular weight excluding hydrogens is 196 g/mol. The van der Waals surface area contributed by atoms with Gasteiger partial charge in [0.25, 0.3) is 5.91 Å². The third-order valence-electron chi connectivity index (χ3n) is 2.77. The number of nitrogens with one attached hydrogen (secondary N) is 2. The first-order valence-electron chi connectivity index (χ1n) is 5.42. The van der Waals surface area contributed by atoms with E-state index in [1.165, 1.54) is 24.7 Å². The van der Waals surface area contributed by atoms with Crippen molar-refractivity contribution < 1.29 is 14.8 Å². The maximum Gasteiger partial charge on any atom is 0.262 e. The number of hydrogen-bond donors (Lipinski definition) is 3. The van der Waals surface area contributed by atoms with Crippen LogP contribution in [0.4, 0.5) is 0 Å². The van der Waals surface area contributed by atoms with Gasteiger partial charge in [0.05, 0.1) is 6.54 Å². The molecule has 0 aromatic heterocycles. The molecule has 0 spiro atoms. The molecule has 3 N–H and O–H groups in total. The molecule has 0 atom stereocenters. The maximum atomic E-state index is 11.4. The highest BCUT2D eigenvalue weighted by Crippen LogP contribution is 2.25. The molecule has 0 aromatic rings. The van der Waals surface area contributed by atoms with E-state index in [-0.39, 0.29) is 12.5 Å². The number of carbonyl (C=O) groups is 2. The fraction of sp³-hybridized carbons (Fsp3) is 0.800. The second-order valence-electron chi connectivity index (χ2n) is 4.02. The molecule has 1 fully saturated rings. The summed E-state index contributed by atoms with van der Waals surface area (Å²) in [4.78, 5) is 22.0. The SMILES string of the molecule is O=C(CNC(=O)CC1CCCCC1)NO. The van der Waals surface area contributed by atoms with Crippen molar-refractivity contribution in [3.05, 3.63) is 0 Å². The number of rotatable bonds is 4. The molecule has 0 unspecified atom stereocenters. The third-order valence-corrected chi connectivity index (χ3v) is 2.77. The molecule has 15 heavy (non-hydrogen) atoms. The minimum atomic E-state index is -0.591. The van der Waals surface area contributed by atoms with Crippen LogP contribution < -0.4 is 10.8 Å². The molecule has 1 rings (SSSR count). The predicted octanol–water partition coefficient (Wildman–Crippen LogP) is 0.578. The van der Waals surface area contributed by atoms with E-state index in [4.69, 9.17) is 5.21 Å². The summed E-state index contributed by atoms with van der Waals surface area (Å²) in [5.74, 6) is -0.228. The molecule has 2 amide bonds. The van der Waals surface area contributed by atoms with Crippen LogP contribution in [0.2, 0.25) is 0 Å². The van der Waals surface area contributed by atoms with Gasteiger partial charge in [0.1, 0.15) is 0 Å². The molecular formula is C10H18N2O3. The molecule has 0 aliphatic heterocycles. The van der Waals surface area contributed by atoms with Gasteiger partial charge in [0.2, 0.25) is 5.91 Å². The largest absolute Gasteiger partial charge is 0.347 e. The zero-order valence-electron chi connectivity index (χ0n) is 8.79. The molecule has 0 bridgehead atoms. The second-order valence-corrected chi connectivity index (χ2v) is 4.02. The standard InChI is InChI=1S/C10H18N2O3/c13-9(11-7-10(14)12-15)6-8-4-2-1-3-5-8/h8,15H,1-7H2,(H,11,13)(H,12,14). The summed E-state index contributed by atoms with van der Waals surface area (Å²) in [5, 5.41) is 10.7. The van der Waals surface area contributed by atoms with Gasteiger partial charge in [0.15, 0.2) is 0 Å². The molecule has 1 aliphatic carbocycles. The Morgan fingerprint density at radius 2 is 1.80 bits per heavy atom. The fourth-order valence-corrected chi connectivity index (χ4v) is 1.94. The lowest BCUT2D eigenvalue weighted by Crippen LogP contribution is -2.36. The van der Waals surface area contributed by atoms with Gasteiger partial charge in [0, 0.05) is 6.42 Å². The van der Waals surface area contributed by atoms with E-state index in [0.29, 0.717) is 12.3 Å². The number of amides is 2. The normalized spacial score (nSPS) is 17.1. The monoisotopic (exact) mass is 214 g/mol. The van der Waals surface area contributed by atoms with Gasteiger partial charge in [-0.3, -0.25) is 14.8 Å². The first kappa shape index (κ1) is 12.0. The summed E-state index contributed by atoms with van der Waals surface area (Å²) >= 11 is 0. The zero-order valence-corrected chi connectivity index (χ0v) is 8.79. The van der Waals surface area contributed by atoms with E-state index in [2.05, 4.69) is 5.32 Å². The van der Waals surface area contributed by atoms with Crippen LogP contribution in [0.5, 0.6) is 0 Å². The molecule has 0 radical (unpaired) electrons. The second kappa shape index (κ2) is 6.40. The average Bonchev–Trinajstić information content (AvgIpc) is 2.27. The van der Waals surface area contributed by atoms with Crippen molar-refractivity contribution in [3.63, 3.8) is 0 Å². The minimum absolute atomic E-state index is 0.106. The first-order valence-corrected chi connectivity index (χ1v) is 5.42. The highest BCUT2D eigenvalue weighted by Gasteiger charge is 2.17. The Morgan fingerprint density at radius 1 is 1.13 bits per heavy atom. The number of hydroxylamine groups is 1. The van der Waals surface area contributed by atoms with Crippen LogP contribution in [0.15, 0.2) is 0 Å². The Hall–Kier alpha value is -1.10. The molecule has 0 aromatic carbocycles. The van der Waals surface area contributed by atoms with E-state index in [9.17, 15) is 9.59 Å². The number of hydrogen-bond acceptors (Lipinski definition) is 3. The van der Waals surface area contributed by atoms with Crippen LogP contribution in [0.25, 0.3) is 0 Å². The summed E-state index contributed by atoms with van der Waals surface area (Å²) in [6, 6.07) is 0. The van der Waals surface area contributed by atoms with Crippen molar-refractivity contribution in [2.75, 3.05) is 6.54 Å². The molecule has 5 heteroatoms. The highest BCUT2D eigenvalue weighted by molar-refractivity contribution is 5.84. The molecule has 0 heterocycles. The highest BCUT2D eigenvalue weighted by atomic mass is 16.5. The van der Waals surface area contributed by atoms with Crippen LogP contribution in [-0.4, -0.2) is 23.6 Å². The van der Waals surface area contributed by atoms with Crippen molar-refractivity contribution in [1.29, 1.82) is 0 Å². The third kappa shape index (κ3) is 4.78. The molecule has 5 nitrogen and oxygen atoms in total. The number of carbonyl (C=O) groups excluding carboxylic acids is 2. The van der Waals surface area contributed by atoms with Crippen molar-refractivity contribution in [1.82, 2.24) is 10.8 Å². The molecule has 86 valence electrons. The van der Waals surface area contributed by atoms with Crippen molar-refractivity contribution in [2.24, 2.45) is 5.92 Å². The van der Waals surface area contributed by atoms with Gasteiger partial charge in [-0.15, -0.1) is 0 Å². The van der Waals surface area contributed by atoms with Crippen molar-refractivity contribution in [3.8, 4) is 0 Å². The van der Waals surface area contributed by atoms with Crippen molar-refractivity contribution >= 4 is 11.8 Å². The van der Waals surface area contributed by atoms with E-state index in [0.717, 1.165) is 12.8 Å². The lowest BCUT2D eigenvalue weighted by molar-refractivity contribution is -0.131. The van der Waals surface area contributed by atoms with Crippen molar-refractivity contribution in [2.45, 2.75) is 38.5 Å². The molecule has 1 aliphatic rings. The van der Waals surface area contributed by atoms with Crippen LogP contribution in [0.1, 0.15) is 38.5 Å². The fourth-order valence-electron chi connectivity index (χ4n) is 1.94. The quantitative estimate of drug-likeness (QED) is 0.473. The summed E-state index contributed by atoms with van der Waals surface area (Å²) in [6.45, 7) is -0.151. The lowest BCUT2D eigenvalue weighted by Gasteiger charge is -2.20. The Balaban J connectivity index is 2.14. The summed E-state index contributed by atoms with van der Waals surface area (Å²) in [7, 11) is 0. The average molecular weight is 214 g/mol. The van der Waals surface area contributed by atoms with E-state index >= 15 is 0 Å². The van der Waals surface area contributed by atoms with E-state index in [1.807, 2.05) is 0 Å². The maximum absolute atomic E-state index is 11.4. The summed E-state index contributed by atoms with van der Waals surface area (Å²) in [5.41, 5.74) is 1.47. The summed E-state index contributed by atoms with van der Waals surface area (Å²) in [6.07, 6.45) is 6.40. The Kier molecular flexibility index (Phi) is 5.10. The van der Waals surface area contributed by atoms with E-state index < -0.39 is 5.91 Å². The van der Waals surface area contributed by atoms with Gasteiger partial charge in [-0.05, 0) is 18.8 Å². The van der Waals surface area contributed by atoms with Gasteiger partial charge < -0.3 is 5.32 Å². The first-order chi connectivity index (χ1) is 7.22. The van der Waals surface area contributed by atoms with Crippen LogP contribution >= 0.6 is 0 Å². The minimum Gasteiger partial charge on any atom is -0.347 e. The topological polar surface area (TPSA) is 78.4 Å². The Bertz CT molecular complexity index is 225. The predicted molar refractivity (Wildman–Crippen MR) is 54.1 cm³/mol. The molecule has 1 saturated carbocycles. The van der Waals surface area contributed by atoms with Gasteiger partial charge in [-0.2, -0.15) is 0 Å². The van der Waals surface area contributed by atoms with Crippen LogP contribution in [0, 0.1) is 5.92 Å². The van der Waals surface area contributed by atoms with E-state index in [1.54, 1.807) is 0 Å². The van der Waals surface area contributed by atoms with Crippen LogP contribution in [-0.2, 0) is 9.59 Å².